The first-order valence-corrected chi connectivity index (χ1v) is 12.6. The van der Waals surface area contributed by atoms with E-state index in [4.69, 9.17) is 4.74 Å². The van der Waals surface area contributed by atoms with E-state index in [0.29, 0.717) is 12.2 Å². The molecule has 0 fully saturated rings. The van der Waals surface area contributed by atoms with Gasteiger partial charge in [0.2, 0.25) is 6.10 Å². The highest BCUT2D eigenvalue weighted by atomic mass is 19.4. The largest absolute Gasteiger partial charge is 0.446 e. The first kappa shape index (κ1) is 28.8. The molecule has 0 aliphatic rings. The van der Waals surface area contributed by atoms with Crippen molar-refractivity contribution >= 4 is 5.97 Å². The summed E-state index contributed by atoms with van der Waals surface area (Å²) in [7, 11) is 0. The second-order valence-corrected chi connectivity index (χ2v) is 8.73. The molecule has 0 radical (unpaired) electrons. The van der Waals surface area contributed by atoms with E-state index in [1.165, 1.54) is 62.9 Å². The molecule has 0 saturated carbocycles. The van der Waals surface area contributed by atoms with Gasteiger partial charge in [-0.1, -0.05) is 83.1 Å². The van der Waals surface area contributed by atoms with Gasteiger partial charge in [-0.3, -0.25) is 0 Å². The van der Waals surface area contributed by atoms with Crippen LogP contribution < -0.4 is 0 Å². The molecular formula is C27H37F3N2O3. The maximum Gasteiger partial charge on any atom is 0.427 e. The van der Waals surface area contributed by atoms with Crippen LogP contribution in [0.4, 0.5) is 13.2 Å². The fourth-order valence-corrected chi connectivity index (χ4v) is 3.59. The predicted molar refractivity (Wildman–Crippen MR) is 130 cm³/mol. The number of carbonyl (C=O) groups excluding carboxylic acids is 1. The Labute approximate surface area is 206 Å². The molecule has 2 aromatic rings. The van der Waals surface area contributed by atoms with Crippen LogP contribution in [0, 0.1) is 0 Å². The lowest BCUT2D eigenvalue weighted by Crippen LogP contribution is -2.38. The topological polar surface area (TPSA) is 61.3 Å². The molecular weight excluding hydrogens is 457 g/mol. The lowest BCUT2D eigenvalue weighted by atomic mass is 10.0. The van der Waals surface area contributed by atoms with Crippen molar-refractivity contribution in [2.75, 3.05) is 13.2 Å². The van der Waals surface area contributed by atoms with Crippen LogP contribution in [0.25, 0.3) is 11.4 Å². The van der Waals surface area contributed by atoms with Gasteiger partial charge in [-0.05, 0) is 24.8 Å². The number of unbranched alkanes of at least 4 members (excludes halogenated alkanes) is 7. The van der Waals surface area contributed by atoms with Crippen LogP contribution in [0.2, 0.25) is 0 Å². The summed E-state index contributed by atoms with van der Waals surface area (Å²) < 4.78 is 48.9. The van der Waals surface area contributed by atoms with Gasteiger partial charge in [0, 0.05) is 24.6 Å². The van der Waals surface area contributed by atoms with Crippen molar-refractivity contribution in [2.45, 2.75) is 90.3 Å². The molecule has 1 aromatic heterocycles. The predicted octanol–water partition coefficient (Wildman–Crippen LogP) is 7.34. The summed E-state index contributed by atoms with van der Waals surface area (Å²) in [6.07, 6.45) is 7.12. The third kappa shape index (κ3) is 10.8. The van der Waals surface area contributed by atoms with Crippen molar-refractivity contribution in [1.29, 1.82) is 0 Å². The zero-order chi connectivity index (χ0) is 25.5. The number of hydrogen-bond donors (Lipinski definition) is 0. The molecule has 1 heterocycles. The van der Waals surface area contributed by atoms with Crippen LogP contribution in [0.1, 0.15) is 87.6 Å². The summed E-state index contributed by atoms with van der Waals surface area (Å²) in [4.78, 5) is 20.5. The summed E-state index contributed by atoms with van der Waals surface area (Å²) in [6.45, 7) is 3.41. The number of aromatic nitrogens is 2. The molecule has 35 heavy (non-hydrogen) atoms. The van der Waals surface area contributed by atoms with Crippen LogP contribution in [-0.2, 0) is 15.9 Å². The Bertz CT molecular complexity index is 855. The average Bonchev–Trinajstić information content (AvgIpc) is 2.85. The molecule has 1 aromatic carbocycles. The zero-order valence-electron chi connectivity index (χ0n) is 20.8. The summed E-state index contributed by atoms with van der Waals surface area (Å²) in [5, 5.41) is 0. The fraction of sp³-hybridized carbons (Fsp3) is 0.593. The monoisotopic (exact) mass is 494 g/mol. The molecule has 5 nitrogen and oxygen atoms in total. The summed E-state index contributed by atoms with van der Waals surface area (Å²) >= 11 is 0. The first-order chi connectivity index (χ1) is 16.8. The minimum absolute atomic E-state index is 0.148. The molecule has 0 N–H and O–H groups in total. The Balaban J connectivity index is 1.84. The molecule has 1 atom stereocenters. The number of esters is 1. The van der Waals surface area contributed by atoms with E-state index in [9.17, 15) is 18.0 Å². The van der Waals surface area contributed by atoms with Gasteiger partial charge in [0.25, 0.3) is 0 Å². The van der Waals surface area contributed by atoms with Crippen LogP contribution in [0.5, 0.6) is 0 Å². The summed E-state index contributed by atoms with van der Waals surface area (Å²) in [6, 6.07) is 7.90. The normalized spacial score (nSPS) is 12.5. The lowest BCUT2D eigenvalue weighted by molar-refractivity contribution is -0.217. The number of rotatable bonds is 16. The Kier molecular flexibility index (Phi) is 12.7. The number of hydrogen-bond acceptors (Lipinski definition) is 5. The van der Waals surface area contributed by atoms with E-state index in [0.717, 1.165) is 18.4 Å². The Morgan fingerprint density at radius 3 is 2.06 bits per heavy atom. The molecule has 0 bridgehead atoms. The lowest BCUT2D eigenvalue weighted by Gasteiger charge is -2.20. The van der Waals surface area contributed by atoms with Crippen LogP contribution >= 0.6 is 0 Å². The molecule has 0 spiro atoms. The number of nitrogens with zero attached hydrogens (tertiary/aromatic N) is 2. The van der Waals surface area contributed by atoms with Gasteiger partial charge in [-0.15, -0.1) is 0 Å². The molecule has 0 aliphatic carbocycles. The second-order valence-electron chi connectivity index (χ2n) is 8.73. The van der Waals surface area contributed by atoms with Gasteiger partial charge in [0.15, 0.2) is 5.82 Å². The molecule has 1 unspecified atom stereocenters. The van der Waals surface area contributed by atoms with Gasteiger partial charge in [0.1, 0.15) is 0 Å². The number of halogens is 3. The maximum atomic E-state index is 13.1. The van der Waals surface area contributed by atoms with Gasteiger partial charge in [-0.2, -0.15) is 13.2 Å². The SMILES string of the molecule is CCCCCCCCCCc1ccc(-c2ncc(C(=O)OC(COCCC)C(F)(F)F)cn2)cc1. The third-order valence-corrected chi connectivity index (χ3v) is 5.65. The minimum Gasteiger partial charge on any atom is -0.446 e. The third-order valence-electron chi connectivity index (χ3n) is 5.65. The van der Waals surface area contributed by atoms with E-state index in [1.807, 2.05) is 24.3 Å². The number of aryl methyl sites for hydroxylation is 1. The quantitative estimate of drug-likeness (QED) is 0.180. The average molecular weight is 495 g/mol. The Morgan fingerprint density at radius 2 is 1.49 bits per heavy atom. The van der Waals surface area contributed by atoms with Crippen LogP contribution in [0.15, 0.2) is 36.7 Å². The highest BCUT2D eigenvalue weighted by molar-refractivity contribution is 5.89. The van der Waals surface area contributed by atoms with Crippen molar-refractivity contribution in [3.05, 3.63) is 47.8 Å². The van der Waals surface area contributed by atoms with Gasteiger partial charge >= 0.3 is 12.1 Å². The van der Waals surface area contributed by atoms with Crippen molar-refractivity contribution < 1.29 is 27.4 Å². The standard InChI is InChI=1S/C27H37F3N2O3/c1-3-5-6-7-8-9-10-11-12-21-13-15-22(16-14-21)25-31-18-23(19-32-25)26(33)35-24(27(28,29)30)20-34-17-4-2/h13-16,18-19,24H,3-12,17,20H2,1-2H3. The van der Waals surface area contributed by atoms with E-state index in [2.05, 4.69) is 21.6 Å². The first-order valence-electron chi connectivity index (χ1n) is 12.6. The molecule has 2 rings (SSSR count). The highest BCUT2D eigenvalue weighted by Gasteiger charge is 2.43. The fourth-order valence-electron chi connectivity index (χ4n) is 3.59. The van der Waals surface area contributed by atoms with Crippen LogP contribution in [0.3, 0.4) is 0 Å². The summed E-state index contributed by atoms with van der Waals surface area (Å²) in [5.41, 5.74) is 1.86. The summed E-state index contributed by atoms with van der Waals surface area (Å²) in [5.74, 6) is -0.751. The molecule has 0 saturated heterocycles. The number of carbonyl (C=O) groups is 1. The molecule has 8 heteroatoms. The smallest absolute Gasteiger partial charge is 0.427 e. The second kappa shape index (κ2) is 15.5. The van der Waals surface area contributed by atoms with Crippen LogP contribution in [-0.4, -0.2) is 41.4 Å². The number of ether oxygens (including phenoxy) is 2. The zero-order valence-corrected chi connectivity index (χ0v) is 20.8. The van der Waals surface area contributed by atoms with Gasteiger partial charge in [-0.25, -0.2) is 14.8 Å². The molecule has 0 amide bonds. The van der Waals surface area contributed by atoms with E-state index in [-0.39, 0.29) is 12.2 Å². The van der Waals surface area contributed by atoms with Crippen molar-refractivity contribution in [2.24, 2.45) is 0 Å². The Hall–Kier alpha value is -2.48. The maximum absolute atomic E-state index is 13.1. The number of benzene rings is 1. The van der Waals surface area contributed by atoms with Crippen molar-refractivity contribution in [3.63, 3.8) is 0 Å². The van der Waals surface area contributed by atoms with E-state index < -0.39 is 24.9 Å². The molecule has 194 valence electrons. The van der Waals surface area contributed by atoms with E-state index in [1.54, 1.807) is 6.92 Å². The van der Waals surface area contributed by atoms with E-state index >= 15 is 0 Å². The Morgan fingerprint density at radius 1 is 0.886 bits per heavy atom. The molecule has 0 aliphatic heterocycles. The van der Waals surface area contributed by atoms with Gasteiger partial charge < -0.3 is 9.47 Å². The van der Waals surface area contributed by atoms with Gasteiger partial charge in [0.05, 0.1) is 12.2 Å². The van der Waals surface area contributed by atoms with Crippen molar-refractivity contribution in [1.82, 2.24) is 9.97 Å². The highest BCUT2D eigenvalue weighted by Crippen LogP contribution is 2.24. The van der Waals surface area contributed by atoms with Crippen molar-refractivity contribution in [3.8, 4) is 11.4 Å². The number of alkyl halides is 3. The minimum atomic E-state index is -4.72.